The van der Waals surface area contributed by atoms with Gasteiger partial charge in [-0.2, -0.15) is 0 Å². The molecule has 1 aromatic heterocycles. The first-order chi connectivity index (χ1) is 10.1. The molecule has 6 heteroatoms. The molecular weight excluding hydrogens is 294 g/mol. The second kappa shape index (κ2) is 9.34. The minimum atomic E-state index is -0.588. The Morgan fingerprint density at radius 3 is 2.10 bits per heavy atom. The van der Waals surface area contributed by atoms with Crippen LogP contribution in [-0.2, 0) is 9.47 Å². The van der Waals surface area contributed by atoms with E-state index >= 15 is 0 Å². The maximum absolute atomic E-state index is 12.0. The normalized spacial score (nSPS) is 10.2. The number of halogens is 1. The molecule has 0 atom stereocenters. The van der Waals surface area contributed by atoms with Gasteiger partial charge in [0, 0.05) is 6.20 Å². The van der Waals surface area contributed by atoms with E-state index in [4.69, 9.17) is 21.1 Å². The molecule has 0 N–H and O–H groups in total. The molecule has 0 unspecified atom stereocenters. The number of aromatic nitrogens is 1. The van der Waals surface area contributed by atoms with Crippen molar-refractivity contribution in [3.8, 4) is 0 Å². The van der Waals surface area contributed by atoms with Crippen molar-refractivity contribution >= 4 is 23.5 Å². The molecule has 0 aliphatic heterocycles. The Morgan fingerprint density at radius 2 is 1.57 bits per heavy atom. The number of carbonyl (C=O) groups excluding carboxylic acids is 2. The largest absolute Gasteiger partial charge is 0.462 e. The summed E-state index contributed by atoms with van der Waals surface area (Å²) < 4.78 is 10.2. The molecule has 0 amide bonds. The Labute approximate surface area is 129 Å². The first-order valence-corrected chi connectivity index (χ1v) is 7.47. The van der Waals surface area contributed by atoms with E-state index in [-0.39, 0.29) is 16.3 Å². The summed E-state index contributed by atoms with van der Waals surface area (Å²) in [4.78, 5) is 27.8. The topological polar surface area (TPSA) is 65.5 Å². The van der Waals surface area contributed by atoms with Crippen molar-refractivity contribution in [2.75, 3.05) is 13.2 Å². The molecular formula is C15H20ClNO4. The van der Waals surface area contributed by atoms with Crippen molar-refractivity contribution in [1.82, 2.24) is 4.98 Å². The minimum absolute atomic E-state index is 0.0806. The number of rotatable bonds is 8. The van der Waals surface area contributed by atoms with Gasteiger partial charge in [-0.15, -0.1) is 0 Å². The van der Waals surface area contributed by atoms with Crippen LogP contribution in [0.25, 0.3) is 0 Å². The average molecular weight is 314 g/mol. The lowest BCUT2D eigenvalue weighted by Gasteiger charge is -2.09. The molecule has 1 aromatic rings. The fraction of sp³-hybridized carbons (Fsp3) is 0.533. The second-order valence-corrected chi connectivity index (χ2v) is 4.92. The molecule has 0 saturated carbocycles. The zero-order chi connectivity index (χ0) is 15.7. The highest BCUT2D eigenvalue weighted by molar-refractivity contribution is 6.29. The summed E-state index contributed by atoms with van der Waals surface area (Å²) in [6.45, 7) is 4.60. The van der Waals surface area contributed by atoms with Gasteiger partial charge in [0.25, 0.3) is 0 Å². The van der Waals surface area contributed by atoms with E-state index in [2.05, 4.69) is 4.98 Å². The van der Waals surface area contributed by atoms with Crippen LogP contribution < -0.4 is 0 Å². The maximum atomic E-state index is 12.0. The lowest BCUT2D eigenvalue weighted by atomic mass is 10.1. The van der Waals surface area contributed by atoms with Gasteiger partial charge in [-0.3, -0.25) is 0 Å². The first kappa shape index (κ1) is 17.4. The summed E-state index contributed by atoms with van der Waals surface area (Å²) in [7, 11) is 0. The van der Waals surface area contributed by atoms with Crippen molar-refractivity contribution in [2.24, 2.45) is 0 Å². The van der Waals surface area contributed by atoms with Gasteiger partial charge in [0.05, 0.1) is 24.3 Å². The Bertz CT molecular complexity index is 491. The van der Waals surface area contributed by atoms with E-state index in [1.54, 1.807) is 0 Å². The van der Waals surface area contributed by atoms with Gasteiger partial charge < -0.3 is 9.47 Å². The molecule has 0 spiro atoms. The molecule has 1 rings (SSSR count). The van der Waals surface area contributed by atoms with E-state index in [0.717, 1.165) is 25.7 Å². The molecule has 5 nitrogen and oxygen atoms in total. The third kappa shape index (κ3) is 5.71. The van der Waals surface area contributed by atoms with Crippen LogP contribution in [0, 0.1) is 0 Å². The van der Waals surface area contributed by atoms with Crippen LogP contribution in [0.4, 0.5) is 0 Å². The van der Waals surface area contributed by atoms with E-state index < -0.39 is 11.9 Å². The van der Waals surface area contributed by atoms with Crippen LogP contribution >= 0.6 is 11.6 Å². The maximum Gasteiger partial charge on any atom is 0.340 e. The highest BCUT2D eigenvalue weighted by atomic mass is 35.5. The van der Waals surface area contributed by atoms with E-state index in [9.17, 15) is 9.59 Å². The third-order valence-corrected chi connectivity index (χ3v) is 2.98. The molecule has 0 aromatic carbocycles. The summed E-state index contributed by atoms with van der Waals surface area (Å²) in [5.41, 5.74) is 0.171. The summed E-state index contributed by atoms with van der Waals surface area (Å²) in [5, 5.41) is 0.127. The van der Waals surface area contributed by atoms with Gasteiger partial charge in [0.15, 0.2) is 0 Å². The van der Waals surface area contributed by atoms with E-state index in [1.807, 2.05) is 13.8 Å². The zero-order valence-electron chi connectivity index (χ0n) is 12.4. The zero-order valence-corrected chi connectivity index (χ0v) is 13.1. The Morgan fingerprint density at radius 1 is 1.05 bits per heavy atom. The smallest absolute Gasteiger partial charge is 0.340 e. The molecule has 0 aliphatic carbocycles. The van der Waals surface area contributed by atoms with Gasteiger partial charge in [0.1, 0.15) is 5.15 Å². The summed E-state index contributed by atoms with van der Waals surface area (Å²) in [6, 6.07) is 1.33. The van der Waals surface area contributed by atoms with Crippen molar-refractivity contribution in [3.63, 3.8) is 0 Å². The predicted octanol–water partition coefficient (Wildman–Crippen LogP) is 3.65. The van der Waals surface area contributed by atoms with Crippen LogP contribution in [-0.4, -0.2) is 30.1 Å². The number of nitrogens with zero attached hydrogens (tertiary/aromatic N) is 1. The SMILES string of the molecule is CCCCOC(=O)c1cnc(Cl)cc1C(=O)OCCCC. The molecule has 0 aliphatic rings. The Balaban J connectivity index is 2.83. The van der Waals surface area contributed by atoms with Crippen molar-refractivity contribution in [2.45, 2.75) is 39.5 Å². The number of unbranched alkanes of at least 4 members (excludes halogenated alkanes) is 2. The van der Waals surface area contributed by atoms with Gasteiger partial charge in [-0.1, -0.05) is 38.3 Å². The highest BCUT2D eigenvalue weighted by Gasteiger charge is 2.20. The van der Waals surface area contributed by atoms with Crippen molar-refractivity contribution < 1.29 is 19.1 Å². The minimum Gasteiger partial charge on any atom is -0.462 e. The van der Waals surface area contributed by atoms with Crippen LogP contribution in [0.5, 0.6) is 0 Å². The first-order valence-electron chi connectivity index (χ1n) is 7.09. The monoisotopic (exact) mass is 313 g/mol. The molecule has 116 valence electrons. The number of carbonyl (C=O) groups is 2. The number of pyridine rings is 1. The molecule has 0 saturated heterocycles. The van der Waals surface area contributed by atoms with Crippen LogP contribution in [0.2, 0.25) is 5.15 Å². The standard InChI is InChI=1S/C15H20ClNO4/c1-3-5-7-20-14(18)11-9-13(16)17-10-12(11)15(19)21-8-6-4-2/h9-10H,3-8H2,1-2H3. The average Bonchev–Trinajstić information content (AvgIpc) is 2.47. The second-order valence-electron chi connectivity index (χ2n) is 4.53. The number of ether oxygens (including phenoxy) is 2. The van der Waals surface area contributed by atoms with Gasteiger partial charge in [-0.25, -0.2) is 14.6 Å². The molecule has 0 radical (unpaired) electrons. The number of hydrogen-bond donors (Lipinski definition) is 0. The summed E-state index contributed by atoms with van der Waals surface area (Å²) in [5.74, 6) is -1.18. The summed E-state index contributed by atoms with van der Waals surface area (Å²) in [6.07, 6.45) is 4.60. The van der Waals surface area contributed by atoms with E-state index in [0.29, 0.717) is 13.2 Å². The van der Waals surface area contributed by atoms with E-state index in [1.165, 1.54) is 12.3 Å². The fourth-order valence-electron chi connectivity index (χ4n) is 1.54. The van der Waals surface area contributed by atoms with Crippen molar-refractivity contribution in [3.05, 3.63) is 28.5 Å². The quantitative estimate of drug-likeness (QED) is 0.416. The highest BCUT2D eigenvalue weighted by Crippen LogP contribution is 2.16. The third-order valence-electron chi connectivity index (χ3n) is 2.77. The van der Waals surface area contributed by atoms with Crippen LogP contribution in [0.15, 0.2) is 12.3 Å². The summed E-state index contributed by atoms with van der Waals surface area (Å²) >= 11 is 5.78. The molecule has 21 heavy (non-hydrogen) atoms. The lowest BCUT2D eigenvalue weighted by molar-refractivity contribution is 0.0452. The lowest BCUT2D eigenvalue weighted by Crippen LogP contribution is -2.15. The molecule has 0 fully saturated rings. The Hall–Kier alpha value is -1.62. The van der Waals surface area contributed by atoms with Gasteiger partial charge in [-0.05, 0) is 18.9 Å². The fourth-order valence-corrected chi connectivity index (χ4v) is 1.69. The van der Waals surface area contributed by atoms with Crippen LogP contribution in [0.1, 0.15) is 60.2 Å². The molecule has 1 heterocycles. The van der Waals surface area contributed by atoms with Crippen LogP contribution in [0.3, 0.4) is 0 Å². The van der Waals surface area contributed by atoms with Crippen molar-refractivity contribution in [1.29, 1.82) is 0 Å². The number of hydrogen-bond acceptors (Lipinski definition) is 5. The van der Waals surface area contributed by atoms with Gasteiger partial charge >= 0.3 is 11.9 Å². The predicted molar refractivity (Wildman–Crippen MR) is 79.6 cm³/mol. The molecule has 0 bridgehead atoms. The van der Waals surface area contributed by atoms with Gasteiger partial charge in [0.2, 0.25) is 0 Å². The Kier molecular flexibility index (Phi) is 7.75. The number of esters is 2.